The van der Waals surface area contributed by atoms with Crippen molar-refractivity contribution in [3.63, 3.8) is 0 Å². The van der Waals surface area contributed by atoms with Crippen molar-refractivity contribution in [2.24, 2.45) is 0 Å². The highest BCUT2D eigenvalue weighted by atomic mass is 16.5. The number of fused-ring (bicyclic) bond motifs is 2. The lowest BCUT2D eigenvalue weighted by molar-refractivity contribution is -0.119. The molecule has 0 saturated carbocycles. The Bertz CT molecular complexity index is 1230. The Balaban J connectivity index is 1.46. The lowest BCUT2D eigenvalue weighted by Crippen LogP contribution is -2.26. The van der Waals surface area contributed by atoms with E-state index in [0.717, 1.165) is 0 Å². The highest BCUT2D eigenvalue weighted by Gasteiger charge is 2.31. The van der Waals surface area contributed by atoms with E-state index >= 15 is 0 Å². The molecule has 160 valence electrons. The van der Waals surface area contributed by atoms with Crippen molar-refractivity contribution in [3.8, 4) is 5.75 Å². The number of anilines is 1. The third kappa shape index (κ3) is 4.00. The van der Waals surface area contributed by atoms with Gasteiger partial charge in [-0.1, -0.05) is 36.4 Å². The largest absolute Gasteiger partial charge is 0.494 e. The maximum atomic E-state index is 13.0. The molecule has 7 heteroatoms. The first-order chi connectivity index (χ1) is 15.5. The van der Waals surface area contributed by atoms with Crippen molar-refractivity contribution < 1.29 is 28.7 Å². The van der Waals surface area contributed by atoms with E-state index in [1.165, 1.54) is 6.07 Å². The Morgan fingerprint density at radius 1 is 0.812 bits per heavy atom. The van der Waals surface area contributed by atoms with Crippen LogP contribution in [0, 0.1) is 0 Å². The number of carbonyl (C=O) groups is 4. The Morgan fingerprint density at radius 3 is 2.16 bits per heavy atom. The van der Waals surface area contributed by atoms with E-state index in [1.54, 1.807) is 60.7 Å². The van der Waals surface area contributed by atoms with Crippen LogP contribution in [0.25, 0.3) is 0 Å². The predicted molar refractivity (Wildman–Crippen MR) is 116 cm³/mol. The molecule has 0 atom stereocenters. The van der Waals surface area contributed by atoms with Gasteiger partial charge in [0.2, 0.25) is 0 Å². The number of nitrogens with one attached hydrogen (secondary N) is 1. The van der Waals surface area contributed by atoms with Crippen LogP contribution in [0.4, 0.5) is 5.69 Å². The summed E-state index contributed by atoms with van der Waals surface area (Å²) in [6.45, 7) is 1.81. The normalized spacial score (nSPS) is 11.9. The molecule has 3 aromatic rings. The van der Waals surface area contributed by atoms with Crippen molar-refractivity contribution in [1.82, 2.24) is 0 Å². The van der Waals surface area contributed by atoms with Gasteiger partial charge in [-0.2, -0.15) is 0 Å². The predicted octanol–water partition coefficient (Wildman–Crippen LogP) is 3.66. The molecule has 0 aliphatic heterocycles. The summed E-state index contributed by atoms with van der Waals surface area (Å²) in [6, 6.07) is 17.6. The summed E-state index contributed by atoms with van der Waals surface area (Å²) in [6.07, 6.45) is 0. The molecule has 1 aliphatic rings. The van der Waals surface area contributed by atoms with Crippen LogP contribution in [0.15, 0.2) is 66.7 Å². The van der Waals surface area contributed by atoms with Gasteiger partial charge in [-0.25, -0.2) is 4.79 Å². The third-order valence-corrected chi connectivity index (χ3v) is 4.96. The molecule has 3 aromatic carbocycles. The van der Waals surface area contributed by atoms with Crippen LogP contribution in [-0.4, -0.2) is 36.7 Å². The van der Waals surface area contributed by atoms with E-state index < -0.39 is 18.5 Å². The molecule has 0 aromatic heterocycles. The fraction of sp³-hybridized carbons (Fsp3) is 0.120. The lowest BCUT2D eigenvalue weighted by Gasteiger charge is -2.20. The number of ether oxygens (including phenoxy) is 2. The van der Waals surface area contributed by atoms with Gasteiger partial charge in [0.25, 0.3) is 5.91 Å². The van der Waals surface area contributed by atoms with Crippen LogP contribution >= 0.6 is 0 Å². The maximum absolute atomic E-state index is 13.0. The molecule has 1 amide bonds. The van der Waals surface area contributed by atoms with Crippen LogP contribution in [0.5, 0.6) is 5.75 Å². The smallest absolute Gasteiger partial charge is 0.338 e. The van der Waals surface area contributed by atoms with E-state index in [2.05, 4.69) is 5.32 Å². The van der Waals surface area contributed by atoms with Gasteiger partial charge in [-0.3, -0.25) is 14.4 Å². The summed E-state index contributed by atoms with van der Waals surface area (Å²) >= 11 is 0. The van der Waals surface area contributed by atoms with Gasteiger partial charge >= 0.3 is 5.97 Å². The highest BCUT2D eigenvalue weighted by Crippen LogP contribution is 2.31. The first-order valence-corrected chi connectivity index (χ1v) is 10.0. The Kier molecular flexibility index (Phi) is 5.81. The number of esters is 1. The van der Waals surface area contributed by atoms with Crippen molar-refractivity contribution in [3.05, 3.63) is 94.5 Å². The average molecular weight is 429 g/mol. The van der Waals surface area contributed by atoms with Crippen molar-refractivity contribution in [1.29, 1.82) is 0 Å². The molecule has 0 bridgehead atoms. The van der Waals surface area contributed by atoms with Gasteiger partial charge in [-0.05, 0) is 37.3 Å². The van der Waals surface area contributed by atoms with Gasteiger partial charge < -0.3 is 14.8 Å². The SMILES string of the molecule is CCOc1ccc(C(=O)OCC(=O)Nc2cccc3c2C(=O)c2ccccc2C3=O)cc1. The fourth-order valence-electron chi connectivity index (χ4n) is 3.50. The van der Waals surface area contributed by atoms with Crippen LogP contribution in [0.2, 0.25) is 0 Å². The summed E-state index contributed by atoms with van der Waals surface area (Å²) in [5.41, 5.74) is 1.43. The molecular formula is C25H19NO6. The summed E-state index contributed by atoms with van der Waals surface area (Å²) in [4.78, 5) is 50.4. The Morgan fingerprint density at radius 2 is 1.47 bits per heavy atom. The van der Waals surface area contributed by atoms with E-state index in [4.69, 9.17) is 9.47 Å². The van der Waals surface area contributed by atoms with Gasteiger partial charge in [0.05, 0.1) is 23.4 Å². The van der Waals surface area contributed by atoms with E-state index in [0.29, 0.717) is 17.9 Å². The number of benzene rings is 3. The number of rotatable bonds is 6. The Hall–Kier alpha value is -4.26. The van der Waals surface area contributed by atoms with Crippen LogP contribution in [0.1, 0.15) is 49.1 Å². The summed E-state index contributed by atoms with van der Waals surface area (Å²) in [5.74, 6) is -1.31. The number of hydrogen-bond donors (Lipinski definition) is 1. The van der Waals surface area contributed by atoms with Crippen LogP contribution in [0.3, 0.4) is 0 Å². The van der Waals surface area contributed by atoms with Gasteiger partial charge in [0, 0.05) is 16.7 Å². The second-order valence-corrected chi connectivity index (χ2v) is 7.01. The molecule has 0 unspecified atom stereocenters. The minimum atomic E-state index is -0.668. The summed E-state index contributed by atoms with van der Waals surface area (Å²) in [7, 11) is 0. The zero-order chi connectivity index (χ0) is 22.7. The second-order valence-electron chi connectivity index (χ2n) is 7.01. The van der Waals surface area contributed by atoms with Gasteiger partial charge in [0.1, 0.15) is 5.75 Å². The van der Waals surface area contributed by atoms with E-state index in [1.807, 2.05) is 6.92 Å². The number of amides is 1. The highest BCUT2D eigenvalue weighted by molar-refractivity contribution is 6.30. The molecule has 32 heavy (non-hydrogen) atoms. The first-order valence-electron chi connectivity index (χ1n) is 10.0. The molecule has 0 saturated heterocycles. The first kappa shape index (κ1) is 21.0. The molecule has 1 N–H and O–H groups in total. The third-order valence-electron chi connectivity index (χ3n) is 4.96. The van der Waals surface area contributed by atoms with E-state index in [-0.39, 0.29) is 39.5 Å². The van der Waals surface area contributed by atoms with Crippen molar-refractivity contribution in [2.75, 3.05) is 18.5 Å². The molecule has 7 nitrogen and oxygen atoms in total. The Labute approximate surface area is 184 Å². The average Bonchev–Trinajstić information content (AvgIpc) is 2.81. The topological polar surface area (TPSA) is 98.8 Å². The van der Waals surface area contributed by atoms with Gasteiger partial charge in [-0.15, -0.1) is 0 Å². The second kappa shape index (κ2) is 8.85. The van der Waals surface area contributed by atoms with Crippen molar-refractivity contribution in [2.45, 2.75) is 6.92 Å². The molecule has 0 fully saturated rings. The molecular weight excluding hydrogens is 410 g/mol. The van der Waals surface area contributed by atoms with Crippen molar-refractivity contribution >= 4 is 29.1 Å². The zero-order valence-corrected chi connectivity index (χ0v) is 17.2. The minimum absolute atomic E-state index is 0.127. The van der Waals surface area contributed by atoms with Crippen LogP contribution < -0.4 is 10.1 Å². The summed E-state index contributed by atoms with van der Waals surface area (Å²) in [5, 5.41) is 2.58. The molecule has 4 rings (SSSR count). The summed E-state index contributed by atoms with van der Waals surface area (Å²) < 4.78 is 10.4. The molecule has 0 spiro atoms. The standard InChI is InChI=1S/C25H19NO6/c1-2-31-16-12-10-15(11-13-16)25(30)32-14-21(27)26-20-9-5-8-19-22(20)24(29)18-7-4-3-6-17(18)23(19)28/h3-13H,2,14H2,1H3,(H,26,27). The zero-order valence-electron chi connectivity index (χ0n) is 17.2. The monoisotopic (exact) mass is 429 g/mol. The lowest BCUT2D eigenvalue weighted by atomic mass is 9.83. The fourth-order valence-corrected chi connectivity index (χ4v) is 3.50. The van der Waals surface area contributed by atoms with E-state index in [9.17, 15) is 19.2 Å². The van der Waals surface area contributed by atoms with Gasteiger partial charge in [0.15, 0.2) is 18.2 Å². The number of hydrogen-bond acceptors (Lipinski definition) is 6. The number of ketones is 2. The molecule has 0 radical (unpaired) electrons. The molecule has 0 heterocycles. The number of carbonyl (C=O) groups excluding carboxylic acids is 4. The maximum Gasteiger partial charge on any atom is 0.338 e. The minimum Gasteiger partial charge on any atom is -0.494 e. The van der Waals surface area contributed by atoms with Crippen LogP contribution in [-0.2, 0) is 9.53 Å². The quantitative estimate of drug-likeness (QED) is 0.470. The molecule has 1 aliphatic carbocycles.